The molecule has 0 fully saturated rings. The number of rotatable bonds is 5. The van der Waals surface area contributed by atoms with E-state index < -0.39 is 12.0 Å². The first-order valence-electron chi connectivity index (χ1n) is 8.15. The van der Waals surface area contributed by atoms with Crippen LogP contribution in [0.15, 0.2) is 35.8 Å². The predicted octanol–water partition coefficient (Wildman–Crippen LogP) is 2.32. The van der Waals surface area contributed by atoms with Gasteiger partial charge in [-0.15, -0.1) is 0 Å². The maximum atomic E-state index is 12.7. The molecule has 3 rings (SSSR count). The number of allylic oxidation sites excluding steroid dienone is 1. The maximum absolute atomic E-state index is 12.7. The number of hydrogen-bond donors (Lipinski definition) is 3. The number of hydrogen-bond acceptors (Lipinski definition) is 7. The van der Waals surface area contributed by atoms with Crippen molar-refractivity contribution in [1.29, 1.82) is 0 Å². The largest absolute Gasteiger partial charge is 0.504 e. The Labute approximate surface area is 144 Å². The van der Waals surface area contributed by atoms with E-state index in [2.05, 4.69) is 15.4 Å². The third-order valence-electron chi connectivity index (χ3n) is 3.99. The number of carbonyl (C=O) groups is 1. The van der Waals surface area contributed by atoms with E-state index >= 15 is 0 Å². The number of esters is 1. The molecule has 0 aliphatic carbocycles. The smallest absolute Gasteiger partial charge is 0.338 e. The van der Waals surface area contributed by atoms with Crippen molar-refractivity contribution in [2.24, 2.45) is 0 Å². The summed E-state index contributed by atoms with van der Waals surface area (Å²) in [6.45, 7) is 4.01. The summed E-state index contributed by atoms with van der Waals surface area (Å²) in [6, 6.07) is 3.83. The number of phenolic OH excluding ortho intramolecular Hbond substituents is 2. The molecule has 25 heavy (non-hydrogen) atoms. The number of aromatic nitrogens is 3. The van der Waals surface area contributed by atoms with Gasteiger partial charge in [0.2, 0.25) is 5.95 Å². The third-order valence-corrected chi connectivity index (χ3v) is 3.99. The fourth-order valence-corrected chi connectivity index (χ4v) is 2.93. The molecule has 1 aromatic carbocycles. The van der Waals surface area contributed by atoms with Crippen LogP contribution in [0, 0.1) is 0 Å². The number of aromatic hydroxyl groups is 2. The molecule has 3 N–H and O–H groups in total. The maximum Gasteiger partial charge on any atom is 0.338 e. The molecule has 0 saturated heterocycles. The minimum absolute atomic E-state index is 0.230. The van der Waals surface area contributed by atoms with Gasteiger partial charge in [-0.3, -0.25) is 0 Å². The number of phenols is 2. The molecule has 132 valence electrons. The van der Waals surface area contributed by atoms with Crippen molar-refractivity contribution in [3.8, 4) is 11.5 Å². The highest BCUT2D eigenvalue weighted by Crippen LogP contribution is 2.39. The van der Waals surface area contributed by atoms with E-state index in [0.717, 1.165) is 12.1 Å². The molecule has 0 amide bonds. The summed E-state index contributed by atoms with van der Waals surface area (Å²) in [5.41, 5.74) is 1.74. The lowest BCUT2D eigenvalue weighted by Crippen LogP contribution is -2.30. The molecular formula is C17H20N4O4. The van der Waals surface area contributed by atoms with Crippen molar-refractivity contribution >= 4 is 11.9 Å². The third kappa shape index (κ3) is 3.02. The Balaban J connectivity index is 2.18. The van der Waals surface area contributed by atoms with E-state index in [0.29, 0.717) is 23.5 Å². The molecule has 0 spiro atoms. The van der Waals surface area contributed by atoms with Gasteiger partial charge < -0.3 is 20.3 Å². The van der Waals surface area contributed by atoms with Crippen molar-refractivity contribution in [3.63, 3.8) is 0 Å². The van der Waals surface area contributed by atoms with Crippen LogP contribution in [0.25, 0.3) is 0 Å². The number of anilines is 1. The highest BCUT2D eigenvalue weighted by atomic mass is 16.5. The van der Waals surface area contributed by atoms with Crippen molar-refractivity contribution in [2.75, 3.05) is 11.9 Å². The Hall–Kier alpha value is -3.03. The minimum Gasteiger partial charge on any atom is -0.504 e. The van der Waals surface area contributed by atoms with Crippen molar-refractivity contribution in [2.45, 2.75) is 32.7 Å². The van der Waals surface area contributed by atoms with Gasteiger partial charge in [-0.25, -0.2) is 9.48 Å². The molecule has 2 aromatic rings. The summed E-state index contributed by atoms with van der Waals surface area (Å²) in [5.74, 6) is -0.434. The zero-order valence-electron chi connectivity index (χ0n) is 14.1. The second-order valence-electron chi connectivity index (χ2n) is 5.67. The van der Waals surface area contributed by atoms with Crippen molar-refractivity contribution < 1.29 is 19.7 Å². The van der Waals surface area contributed by atoms with Gasteiger partial charge in [-0.2, -0.15) is 10.1 Å². The van der Waals surface area contributed by atoms with Crippen LogP contribution in [0.2, 0.25) is 0 Å². The molecule has 0 radical (unpaired) electrons. The number of nitrogens with zero attached hydrogens (tertiary/aromatic N) is 3. The Morgan fingerprint density at radius 2 is 2.12 bits per heavy atom. The second-order valence-corrected chi connectivity index (χ2v) is 5.67. The summed E-state index contributed by atoms with van der Waals surface area (Å²) < 4.78 is 6.81. The number of ether oxygens (including phenoxy) is 1. The van der Waals surface area contributed by atoms with Gasteiger partial charge in [0.1, 0.15) is 12.4 Å². The molecular weight excluding hydrogens is 324 g/mol. The highest BCUT2D eigenvalue weighted by Gasteiger charge is 2.35. The topological polar surface area (TPSA) is 110 Å². The summed E-state index contributed by atoms with van der Waals surface area (Å²) >= 11 is 0. The van der Waals surface area contributed by atoms with E-state index in [1.807, 2.05) is 6.92 Å². The van der Waals surface area contributed by atoms with Crippen LogP contribution in [0.3, 0.4) is 0 Å². The Bertz CT molecular complexity index is 828. The lowest BCUT2D eigenvalue weighted by molar-refractivity contribution is -0.139. The van der Waals surface area contributed by atoms with Gasteiger partial charge >= 0.3 is 5.97 Å². The first kappa shape index (κ1) is 16.8. The van der Waals surface area contributed by atoms with E-state index in [1.54, 1.807) is 17.7 Å². The SMILES string of the molecule is CCCC1=C(C(=O)OCC)[C@@H](c2ccc(O)c(O)c2)n2ncnc2N1. The monoisotopic (exact) mass is 344 g/mol. The number of benzene rings is 1. The molecule has 1 aliphatic rings. The van der Waals surface area contributed by atoms with Crippen LogP contribution < -0.4 is 5.32 Å². The Morgan fingerprint density at radius 3 is 2.80 bits per heavy atom. The minimum atomic E-state index is -0.606. The van der Waals surface area contributed by atoms with Crippen molar-refractivity contribution in [3.05, 3.63) is 41.4 Å². The highest BCUT2D eigenvalue weighted by molar-refractivity contribution is 5.92. The molecule has 2 heterocycles. The van der Waals surface area contributed by atoms with Crippen LogP contribution in [-0.2, 0) is 9.53 Å². The van der Waals surface area contributed by atoms with Crippen LogP contribution in [0.4, 0.5) is 5.95 Å². The van der Waals surface area contributed by atoms with E-state index in [9.17, 15) is 15.0 Å². The van der Waals surface area contributed by atoms with Crippen LogP contribution in [-0.4, -0.2) is 37.6 Å². The average molecular weight is 344 g/mol. The van der Waals surface area contributed by atoms with Crippen LogP contribution >= 0.6 is 0 Å². The van der Waals surface area contributed by atoms with Gasteiger partial charge in [0.15, 0.2) is 11.5 Å². The molecule has 8 nitrogen and oxygen atoms in total. The molecule has 1 aromatic heterocycles. The van der Waals surface area contributed by atoms with Crippen molar-refractivity contribution in [1.82, 2.24) is 14.8 Å². The summed E-state index contributed by atoms with van der Waals surface area (Å²) in [7, 11) is 0. The fourth-order valence-electron chi connectivity index (χ4n) is 2.93. The van der Waals surface area contributed by atoms with E-state index in [-0.39, 0.29) is 18.1 Å². The van der Waals surface area contributed by atoms with Gasteiger partial charge in [-0.05, 0) is 31.0 Å². The number of carbonyl (C=O) groups excluding carboxylic acids is 1. The molecule has 1 atom stereocenters. The molecule has 0 unspecified atom stereocenters. The fraction of sp³-hybridized carbons (Fsp3) is 0.353. The van der Waals surface area contributed by atoms with E-state index in [4.69, 9.17) is 4.74 Å². The number of fused-ring (bicyclic) bond motifs is 1. The summed E-state index contributed by atoms with van der Waals surface area (Å²) in [5, 5.41) is 26.8. The quantitative estimate of drug-likeness (QED) is 0.564. The van der Waals surface area contributed by atoms with Crippen LogP contribution in [0.1, 0.15) is 38.3 Å². The Kier molecular flexibility index (Phi) is 4.60. The molecule has 8 heteroatoms. The second kappa shape index (κ2) is 6.84. The first-order chi connectivity index (χ1) is 12.1. The van der Waals surface area contributed by atoms with Gasteiger partial charge in [0.25, 0.3) is 0 Å². The summed E-state index contributed by atoms with van der Waals surface area (Å²) in [6.07, 6.45) is 2.86. The average Bonchev–Trinajstić information content (AvgIpc) is 3.04. The lowest BCUT2D eigenvalue weighted by atomic mass is 9.93. The van der Waals surface area contributed by atoms with Crippen LogP contribution in [0.5, 0.6) is 11.5 Å². The standard InChI is InChI=1S/C17H20N4O4/c1-3-5-11-14(16(24)25-4-2)15(21-17(20-11)18-9-19-21)10-6-7-12(22)13(23)8-10/h6-9,15,22-23H,3-5H2,1-2H3,(H,18,19,20)/t15-/m1/s1. The van der Waals surface area contributed by atoms with Gasteiger partial charge in [0, 0.05) is 5.70 Å². The zero-order valence-corrected chi connectivity index (χ0v) is 14.1. The predicted molar refractivity (Wildman–Crippen MR) is 90.1 cm³/mol. The normalized spacial score (nSPS) is 16.3. The molecule has 0 saturated carbocycles. The summed E-state index contributed by atoms with van der Waals surface area (Å²) in [4.78, 5) is 16.8. The first-order valence-corrected chi connectivity index (χ1v) is 8.15. The van der Waals surface area contributed by atoms with E-state index in [1.165, 1.54) is 18.5 Å². The lowest BCUT2D eigenvalue weighted by Gasteiger charge is -2.29. The molecule has 1 aliphatic heterocycles. The van der Waals surface area contributed by atoms with Gasteiger partial charge in [-0.1, -0.05) is 19.4 Å². The molecule has 0 bridgehead atoms. The zero-order chi connectivity index (χ0) is 18.0. The van der Waals surface area contributed by atoms with Gasteiger partial charge in [0.05, 0.1) is 12.2 Å². The Morgan fingerprint density at radius 1 is 1.32 bits per heavy atom. The number of nitrogens with one attached hydrogen (secondary N) is 1.